The van der Waals surface area contributed by atoms with Gasteiger partial charge in [0.25, 0.3) is 0 Å². The fraction of sp³-hybridized carbons (Fsp3) is 0.714. The molecule has 14 heavy (non-hydrogen) atoms. The van der Waals surface area contributed by atoms with Crippen molar-refractivity contribution in [1.29, 1.82) is 0 Å². The predicted octanol–water partition coefficient (Wildman–Crippen LogP) is -0.939. The third-order valence-corrected chi connectivity index (χ3v) is 2.13. The van der Waals surface area contributed by atoms with Crippen LogP contribution in [-0.2, 0) is 9.53 Å². The van der Waals surface area contributed by atoms with Crippen LogP contribution in [0.3, 0.4) is 0 Å². The maximum atomic E-state index is 11.1. The van der Waals surface area contributed by atoms with Crippen molar-refractivity contribution in [3.05, 3.63) is 0 Å². The first-order valence-corrected chi connectivity index (χ1v) is 5.11. The molecule has 0 aliphatic heterocycles. The molecule has 0 fully saturated rings. The summed E-state index contributed by atoms with van der Waals surface area (Å²) in [5, 5.41) is 6.14. The zero-order chi connectivity index (χ0) is 10.8. The number of carbonyl (C=O) groups is 1. The fourth-order valence-corrected chi connectivity index (χ4v) is 1.13. The van der Waals surface area contributed by atoms with Crippen LogP contribution >= 0.6 is 11.8 Å². The third-order valence-electron chi connectivity index (χ3n) is 1.33. The number of thioether (sulfide) groups is 1. The van der Waals surface area contributed by atoms with Crippen LogP contribution in [0.4, 0.5) is 0 Å². The second-order valence-corrected chi connectivity index (χ2v) is 3.45. The van der Waals surface area contributed by atoms with Gasteiger partial charge >= 0.3 is 0 Å². The van der Waals surface area contributed by atoms with E-state index >= 15 is 0 Å². The van der Waals surface area contributed by atoms with Crippen LogP contribution in [0.15, 0.2) is 5.10 Å². The molecule has 0 aromatic heterocycles. The van der Waals surface area contributed by atoms with Gasteiger partial charge in [-0.3, -0.25) is 4.79 Å². The van der Waals surface area contributed by atoms with E-state index in [0.717, 1.165) is 18.2 Å². The summed E-state index contributed by atoms with van der Waals surface area (Å²) in [4.78, 5) is 11.1. The molecule has 0 saturated heterocycles. The number of nitrogens with zero attached hydrogens (tertiary/aromatic N) is 1. The van der Waals surface area contributed by atoms with E-state index in [-0.39, 0.29) is 16.8 Å². The maximum absolute atomic E-state index is 11.1. The molecular formula is C7H16N4O2S. The molecule has 0 radical (unpaired) electrons. The number of nitrogens with two attached hydrogens (primary N) is 2. The monoisotopic (exact) mass is 220 g/mol. The van der Waals surface area contributed by atoms with E-state index in [9.17, 15) is 4.79 Å². The molecule has 6 nitrogen and oxygen atoms in total. The number of amidine groups is 1. The number of hydrogen-bond acceptors (Lipinski definition) is 5. The highest BCUT2D eigenvalue weighted by Crippen LogP contribution is 1.97. The third kappa shape index (κ3) is 7.69. The standard InChI is InChI=1S/C7H16N4O2S/c1-13-4-2-3-10-6(12)5-14-7(8)11-9/h2-5,9H2,1H3,(H2,8,11)(H,10,12). The molecule has 0 aliphatic rings. The van der Waals surface area contributed by atoms with E-state index < -0.39 is 0 Å². The quantitative estimate of drug-likeness (QED) is 0.176. The largest absolute Gasteiger partial charge is 0.385 e. The number of hydrazone groups is 1. The van der Waals surface area contributed by atoms with Crippen LogP contribution in [-0.4, -0.2) is 37.1 Å². The van der Waals surface area contributed by atoms with Crippen molar-refractivity contribution in [2.24, 2.45) is 16.7 Å². The van der Waals surface area contributed by atoms with Gasteiger partial charge in [0.2, 0.25) is 5.91 Å². The Morgan fingerprint density at radius 1 is 1.64 bits per heavy atom. The molecule has 0 saturated carbocycles. The highest BCUT2D eigenvalue weighted by atomic mass is 32.2. The SMILES string of the molecule is COCCCNC(=O)CSC(N)=NN. The van der Waals surface area contributed by atoms with Crippen molar-refractivity contribution >= 4 is 22.8 Å². The molecule has 7 heteroatoms. The van der Waals surface area contributed by atoms with E-state index in [2.05, 4.69) is 10.4 Å². The summed E-state index contributed by atoms with van der Waals surface area (Å²) < 4.78 is 4.83. The Morgan fingerprint density at radius 2 is 2.36 bits per heavy atom. The Balaban J connectivity index is 3.37. The van der Waals surface area contributed by atoms with Crippen LogP contribution in [0.25, 0.3) is 0 Å². The second kappa shape index (κ2) is 8.64. The summed E-state index contributed by atoms with van der Waals surface area (Å²) in [5.74, 6) is 5.04. The number of rotatable bonds is 6. The first kappa shape index (κ1) is 13.1. The van der Waals surface area contributed by atoms with Crippen molar-refractivity contribution < 1.29 is 9.53 Å². The Morgan fingerprint density at radius 3 is 2.93 bits per heavy atom. The van der Waals surface area contributed by atoms with Gasteiger partial charge in [-0.25, -0.2) is 0 Å². The lowest BCUT2D eigenvalue weighted by atomic mass is 10.4. The van der Waals surface area contributed by atoms with Crippen LogP contribution in [0.5, 0.6) is 0 Å². The Bertz CT molecular complexity index is 198. The van der Waals surface area contributed by atoms with Gasteiger partial charge in [-0.1, -0.05) is 11.8 Å². The average Bonchev–Trinajstić information content (AvgIpc) is 2.21. The van der Waals surface area contributed by atoms with Gasteiger partial charge in [0.15, 0.2) is 5.17 Å². The number of nitrogens with one attached hydrogen (secondary N) is 1. The van der Waals surface area contributed by atoms with Gasteiger partial charge in [-0.05, 0) is 6.42 Å². The predicted molar refractivity (Wildman–Crippen MR) is 57.8 cm³/mol. The lowest BCUT2D eigenvalue weighted by Crippen LogP contribution is -2.28. The highest BCUT2D eigenvalue weighted by Gasteiger charge is 2.02. The highest BCUT2D eigenvalue weighted by molar-refractivity contribution is 8.14. The zero-order valence-electron chi connectivity index (χ0n) is 8.16. The molecule has 0 heterocycles. The summed E-state index contributed by atoms with van der Waals surface area (Å²) in [7, 11) is 1.62. The molecule has 1 amide bonds. The van der Waals surface area contributed by atoms with Crippen LogP contribution in [0.2, 0.25) is 0 Å². The normalized spacial score (nSPS) is 11.4. The lowest BCUT2D eigenvalue weighted by Gasteiger charge is -2.03. The molecule has 0 rings (SSSR count). The Labute approximate surface area is 87.4 Å². The molecule has 0 bridgehead atoms. The van der Waals surface area contributed by atoms with Crippen molar-refractivity contribution in [3.63, 3.8) is 0 Å². The minimum absolute atomic E-state index is 0.0855. The molecule has 82 valence electrons. The Hall–Kier alpha value is -0.950. The van der Waals surface area contributed by atoms with Gasteiger partial charge in [0.1, 0.15) is 0 Å². The summed E-state index contributed by atoms with van der Waals surface area (Å²) in [6.07, 6.45) is 0.799. The van der Waals surface area contributed by atoms with Crippen molar-refractivity contribution in [1.82, 2.24) is 5.32 Å². The van der Waals surface area contributed by atoms with Gasteiger partial charge in [-0.15, -0.1) is 0 Å². The average molecular weight is 220 g/mol. The molecule has 0 atom stereocenters. The summed E-state index contributed by atoms with van der Waals surface area (Å²) in [6, 6.07) is 0. The first-order valence-electron chi connectivity index (χ1n) is 4.12. The fourth-order valence-electron chi connectivity index (χ4n) is 0.672. The Kier molecular flexibility index (Phi) is 8.05. The van der Waals surface area contributed by atoms with Crippen LogP contribution in [0.1, 0.15) is 6.42 Å². The molecular weight excluding hydrogens is 204 g/mol. The molecule has 0 aliphatic carbocycles. The van der Waals surface area contributed by atoms with Gasteiger partial charge in [0.05, 0.1) is 5.75 Å². The van der Waals surface area contributed by atoms with Crippen LogP contribution < -0.4 is 16.9 Å². The van der Waals surface area contributed by atoms with Gasteiger partial charge in [0, 0.05) is 20.3 Å². The number of ether oxygens (including phenoxy) is 1. The summed E-state index contributed by atoms with van der Waals surface area (Å²) in [5.41, 5.74) is 5.29. The van der Waals surface area contributed by atoms with E-state index in [4.69, 9.17) is 16.3 Å². The van der Waals surface area contributed by atoms with E-state index in [1.54, 1.807) is 7.11 Å². The maximum Gasteiger partial charge on any atom is 0.230 e. The molecule has 0 aromatic rings. The smallest absolute Gasteiger partial charge is 0.230 e. The van der Waals surface area contributed by atoms with Crippen molar-refractivity contribution in [2.45, 2.75) is 6.42 Å². The van der Waals surface area contributed by atoms with Gasteiger partial charge < -0.3 is 21.6 Å². The minimum Gasteiger partial charge on any atom is -0.385 e. The number of carbonyl (C=O) groups excluding carboxylic acids is 1. The minimum atomic E-state index is -0.0855. The summed E-state index contributed by atoms with van der Waals surface area (Å²) >= 11 is 1.11. The topological polar surface area (TPSA) is 103 Å². The number of hydrogen-bond donors (Lipinski definition) is 3. The van der Waals surface area contributed by atoms with Crippen molar-refractivity contribution in [2.75, 3.05) is 26.0 Å². The lowest BCUT2D eigenvalue weighted by molar-refractivity contribution is -0.118. The second-order valence-electron chi connectivity index (χ2n) is 2.45. The van der Waals surface area contributed by atoms with Gasteiger partial charge in [-0.2, -0.15) is 5.10 Å². The van der Waals surface area contributed by atoms with E-state index in [1.807, 2.05) is 0 Å². The van der Waals surface area contributed by atoms with E-state index in [0.29, 0.717) is 13.2 Å². The summed E-state index contributed by atoms with van der Waals surface area (Å²) in [6.45, 7) is 1.24. The number of amides is 1. The van der Waals surface area contributed by atoms with Crippen LogP contribution in [0, 0.1) is 0 Å². The molecule has 5 N–H and O–H groups in total. The number of methoxy groups -OCH3 is 1. The van der Waals surface area contributed by atoms with Crippen molar-refractivity contribution in [3.8, 4) is 0 Å². The zero-order valence-corrected chi connectivity index (χ0v) is 8.97. The first-order chi connectivity index (χ1) is 6.70. The van der Waals surface area contributed by atoms with E-state index in [1.165, 1.54) is 0 Å². The molecule has 0 aromatic carbocycles. The molecule has 0 unspecified atom stereocenters. The molecule has 0 spiro atoms.